The number of aliphatic hydroxyl groups excluding tert-OH is 1. The topological polar surface area (TPSA) is 68.2 Å². The van der Waals surface area contributed by atoms with Crippen molar-refractivity contribution in [3.63, 3.8) is 0 Å². The van der Waals surface area contributed by atoms with Gasteiger partial charge in [0.25, 0.3) is 0 Å². The normalized spacial score (nSPS) is 22.2. The first-order valence-corrected chi connectivity index (χ1v) is 8.73. The van der Waals surface area contributed by atoms with E-state index in [9.17, 15) is 9.90 Å². The van der Waals surface area contributed by atoms with Crippen LogP contribution in [0.15, 0.2) is 30.3 Å². The number of nitrogens with zero attached hydrogens (tertiary/aromatic N) is 1. The molecule has 1 saturated heterocycles. The highest BCUT2D eigenvalue weighted by atomic mass is 16.6. The summed E-state index contributed by atoms with van der Waals surface area (Å²) in [6.07, 6.45) is -0.818. The summed E-state index contributed by atoms with van der Waals surface area (Å²) in [5.41, 5.74) is 0.512. The Morgan fingerprint density at radius 1 is 1.28 bits per heavy atom. The molecule has 2 atom stereocenters. The Bertz CT molecular complexity index is 528. The first-order chi connectivity index (χ1) is 11.8. The number of rotatable bonds is 4. The largest absolute Gasteiger partial charge is 0.444 e. The molecule has 1 amide bonds. The molecular weight excluding hydrogens is 322 g/mol. The fraction of sp³-hybridized carbons (Fsp3) is 0.632. The zero-order valence-electron chi connectivity index (χ0n) is 15.3. The number of carbonyl (C=O) groups is 1. The number of hydrogen-bond donors (Lipinski definition) is 1. The van der Waals surface area contributed by atoms with Crippen molar-refractivity contribution in [3.05, 3.63) is 35.9 Å². The van der Waals surface area contributed by atoms with Gasteiger partial charge in [0.2, 0.25) is 0 Å². The third kappa shape index (κ3) is 7.42. The Hall–Kier alpha value is -1.63. The standard InChI is InChI=1S/C19H29NO5/c1-19(2,3)25-18(22)20-11-16(21)9-10-24-17(12-20)14-23-13-15-7-5-4-6-8-15/h4-8,16-17,21H,9-14H2,1-3H3/t16-,17+/m1/s1. The van der Waals surface area contributed by atoms with Gasteiger partial charge in [0.1, 0.15) is 5.60 Å². The number of benzene rings is 1. The predicted molar refractivity (Wildman–Crippen MR) is 94.3 cm³/mol. The summed E-state index contributed by atoms with van der Waals surface area (Å²) in [6, 6.07) is 9.91. The van der Waals surface area contributed by atoms with Gasteiger partial charge in [-0.25, -0.2) is 4.79 Å². The molecule has 1 aromatic carbocycles. The maximum absolute atomic E-state index is 12.4. The molecule has 140 valence electrons. The van der Waals surface area contributed by atoms with Gasteiger partial charge in [-0.1, -0.05) is 30.3 Å². The molecule has 6 nitrogen and oxygen atoms in total. The number of hydrogen-bond acceptors (Lipinski definition) is 5. The molecule has 0 bridgehead atoms. The molecule has 1 aliphatic heterocycles. The number of aliphatic hydroxyl groups is 1. The van der Waals surface area contributed by atoms with E-state index in [1.54, 1.807) is 0 Å². The summed E-state index contributed by atoms with van der Waals surface area (Å²) < 4.78 is 16.9. The van der Waals surface area contributed by atoms with Crippen LogP contribution in [-0.4, -0.2) is 60.2 Å². The summed E-state index contributed by atoms with van der Waals surface area (Å²) in [4.78, 5) is 13.9. The van der Waals surface area contributed by atoms with E-state index in [2.05, 4.69) is 0 Å². The van der Waals surface area contributed by atoms with Gasteiger partial charge >= 0.3 is 6.09 Å². The number of carbonyl (C=O) groups excluding carboxylic acids is 1. The SMILES string of the molecule is CC(C)(C)OC(=O)N1C[C@H](O)CCO[C@H](COCc2ccccc2)C1. The van der Waals surface area contributed by atoms with Gasteiger partial charge in [-0.2, -0.15) is 0 Å². The van der Waals surface area contributed by atoms with Crippen molar-refractivity contribution in [2.24, 2.45) is 0 Å². The summed E-state index contributed by atoms with van der Waals surface area (Å²) in [5.74, 6) is 0. The Balaban J connectivity index is 1.89. The van der Waals surface area contributed by atoms with Crippen LogP contribution in [0.25, 0.3) is 0 Å². The number of β-amino-alcohol motifs (C(OH)–C–C–N with tert-alkyl or cyclic N) is 1. The molecule has 25 heavy (non-hydrogen) atoms. The maximum atomic E-state index is 12.4. The van der Waals surface area contributed by atoms with E-state index in [4.69, 9.17) is 14.2 Å². The molecule has 6 heteroatoms. The van der Waals surface area contributed by atoms with Gasteiger partial charge in [-0.05, 0) is 32.8 Å². The van der Waals surface area contributed by atoms with Crippen LogP contribution in [0.5, 0.6) is 0 Å². The zero-order valence-corrected chi connectivity index (χ0v) is 15.3. The van der Waals surface area contributed by atoms with Gasteiger partial charge in [0.05, 0.1) is 38.5 Å². The van der Waals surface area contributed by atoms with E-state index < -0.39 is 17.8 Å². The fourth-order valence-corrected chi connectivity index (χ4v) is 2.55. The molecule has 1 fully saturated rings. The fourth-order valence-electron chi connectivity index (χ4n) is 2.55. The lowest BCUT2D eigenvalue weighted by molar-refractivity contribution is -0.0687. The highest BCUT2D eigenvalue weighted by Gasteiger charge is 2.28. The molecule has 1 aromatic rings. The van der Waals surface area contributed by atoms with Crippen LogP contribution in [-0.2, 0) is 20.8 Å². The lowest BCUT2D eigenvalue weighted by atomic mass is 10.2. The van der Waals surface area contributed by atoms with Crippen molar-refractivity contribution in [3.8, 4) is 0 Å². The highest BCUT2D eigenvalue weighted by molar-refractivity contribution is 5.68. The van der Waals surface area contributed by atoms with Crippen molar-refractivity contribution < 1.29 is 24.1 Å². The Labute approximate surface area is 149 Å². The van der Waals surface area contributed by atoms with Crippen LogP contribution in [0.3, 0.4) is 0 Å². The Morgan fingerprint density at radius 2 is 2.00 bits per heavy atom. The molecule has 0 saturated carbocycles. The van der Waals surface area contributed by atoms with Gasteiger partial charge in [-0.15, -0.1) is 0 Å². The molecule has 0 unspecified atom stereocenters. The lowest BCUT2D eigenvalue weighted by Crippen LogP contribution is -2.48. The van der Waals surface area contributed by atoms with Crippen LogP contribution >= 0.6 is 0 Å². The maximum Gasteiger partial charge on any atom is 0.410 e. The zero-order chi connectivity index (χ0) is 18.3. The van der Waals surface area contributed by atoms with Crippen LogP contribution < -0.4 is 0 Å². The average Bonchev–Trinajstić information content (AvgIpc) is 2.51. The first kappa shape index (κ1) is 19.7. The van der Waals surface area contributed by atoms with Crippen LogP contribution in [0.4, 0.5) is 4.79 Å². The number of ether oxygens (including phenoxy) is 3. The average molecular weight is 351 g/mol. The van der Waals surface area contributed by atoms with Gasteiger partial charge in [0.15, 0.2) is 0 Å². The Kier molecular flexibility index (Phi) is 7.23. The highest BCUT2D eigenvalue weighted by Crippen LogP contribution is 2.14. The van der Waals surface area contributed by atoms with Gasteiger partial charge in [-0.3, -0.25) is 0 Å². The minimum absolute atomic E-state index is 0.244. The van der Waals surface area contributed by atoms with Crippen LogP contribution in [0.1, 0.15) is 32.8 Å². The summed E-state index contributed by atoms with van der Waals surface area (Å²) in [7, 11) is 0. The molecule has 0 radical (unpaired) electrons. The van der Waals surface area contributed by atoms with E-state index in [-0.39, 0.29) is 12.6 Å². The van der Waals surface area contributed by atoms with Crippen LogP contribution in [0, 0.1) is 0 Å². The lowest BCUT2D eigenvalue weighted by Gasteiger charge is -2.33. The van der Waals surface area contributed by atoms with Gasteiger partial charge in [0, 0.05) is 6.61 Å². The summed E-state index contributed by atoms with van der Waals surface area (Å²) in [6.45, 7) is 7.37. The second kappa shape index (κ2) is 9.17. The van der Waals surface area contributed by atoms with E-state index in [0.717, 1.165) is 5.56 Å². The smallest absolute Gasteiger partial charge is 0.410 e. The second-order valence-corrected chi connectivity index (χ2v) is 7.32. The van der Waals surface area contributed by atoms with Crippen molar-refractivity contribution in [1.29, 1.82) is 0 Å². The molecular formula is C19H29NO5. The summed E-state index contributed by atoms with van der Waals surface area (Å²) >= 11 is 0. The van der Waals surface area contributed by atoms with E-state index >= 15 is 0 Å². The molecule has 1 aliphatic rings. The summed E-state index contributed by atoms with van der Waals surface area (Å²) in [5, 5.41) is 9.98. The minimum atomic E-state index is -0.612. The number of amides is 1. The van der Waals surface area contributed by atoms with E-state index in [1.165, 1.54) is 4.90 Å². The van der Waals surface area contributed by atoms with Crippen molar-refractivity contribution >= 4 is 6.09 Å². The van der Waals surface area contributed by atoms with Crippen molar-refractivity contribution in [2.75, 3.05) is 26.3 Å². The third-order valence-corrected chi connectivity index (χ3v) is 3.73. The monoisotopic (exact) mass is 351 g/mol. The minimum Gasteiger partial charge on any atom is -0.444 e. The van der Waals surface area contributed by atoms with Gasteiger partial charge < -0.3 is 24.2 Å². The molecule has 0 aliphatic carbocycles. The van der Waals surface area contributed by atoms with E-state index in [0.29, 0.717) is 32.8 Å². The van der Waals surface area contributed by atoms with Crippen LogP contribution in [0.2, 0.25) is 0 Å². The Morgan fingerprint density at radius 3 is 2.68 bits per heavy atom. The molecule has 0 spiro atoms. The molecule has 0 aromatic heterocycles. The van der Waals surface area contributed by atoms with Crippen molar-refractivity contribution in [1.82, 2.24) is 4.90 Å². The molecule has 1 heterocycles. The second-order valence-electron chi connectivity index (χ2n) is 7.32. The molecule has 2 rings (SSSR count). The molecule has 1 N–H and O–H groups in total. The quantitative estimate of drug-likeness (QED) is 0.903. The first-order valence-electron chi connectivity index (χ1n) is 8.73. The third-order valence-electron chi connectivity index (χ3n) is 3.73. The van der Waals surface area contributed by atoms with E-state index in [1.807, 2.05) is 51.1 Å². The van der Waals surface area contributed by atoms with Crippen molar-refractivity contribution in [2.45, 2.75) is 51.6 Å². The predicted octanol–water partition coefficient (Wildman–Crippen LogP) is 2.59.